The van der Waals surface area contributed by atoms with Gasteiger partial charge in [-0.05, 0) is 39.2 Å². The molecule has 2 N–H and O–H groups in total. The molecule has 28 heavy (non-hydrogen) atoms. The number of hydrogen-bond acceptors (Lipinski definition) is 5. The molecule has 0 aliphatic heterocycles. The molecular formula is C21H30N4O2S. The van der Waals surface area contributed by atoms with E-state index in [1.807, 2.05) is 13.8 Å². The highest BCUT2D eigenvalue weighted by molar-refractivity contribution is 7.13. The largest absolute Gasteiger partial charge is 0.462 e. The monoisotopic (exact) mass is 402 g/mol. The summed E-state index contributed by atoms with van der Waals surface area (Å²) in [5.74, 6) is 0.745. The summed E-state index contributed by atoms with van der Waals surface area (Å²) in [7, 11) is 1.75. The number of aryl methyl sites for hydroxylation is 2. The number of nitrogens with one attached hydrogen (secondary N) is 2. The van der Waals surface area contributed by atoms with Crippen LogP contribution in [0.25, 0.3) is 0 Å². The van der Waals surface area contributed by atoms with Crippen molar-refractivity contribution < 1.29 is 9.53 Å². The highest BCUT2D eigenvalue weighted by Gasteiger charge is 2.20. The Bertz CT molecular complexity index is 832. The summed E-state index contributed by atoms with van der Waals surface area (Å²) >= 11 is 1.36. The first-order valence-corrected chi connectivity index (χ1v) is 10.4. The molecule has 0 spiro atoms. The fourth-order valence-electron chi connectivity index (χ4n) is 2.79. The predicted molar refractivity (Wildman–Crippen MR) is 115 cm³/mol. The van der Waals surface area contributed by atoms with E-state index in [9.17, 15) is 4.79 Å². The summed E-state index contributed by atoms with van der Waals surface area (Å²) in [6.07, 6.45) is 0. The topological polar surface area (TPSA) is 75.6 Å². The van der Waals surface area contributed by atoms with Crippen molar-refractivity contribution in [1.82, 2.24) is 15.6 Å². The minimum atomic E-state index is -0.314. The van der Waals surface area contributed by atoms with Crippen molar-refractivity contribution in [2.75, 3.05) is 20.2 Å². The van der Waals surface area contributed by atoms with Gasteiger partial charge in [0.15, 0.2) is 5.96 Å². The Morgan fingerprint density at radius 2 is 2.07 bits per heavy atom. The van der Waals surface area contributed by atoms with E-state index in [-0.39, 0.29) is 12.0 Å². The standard InChI is InChI=1S/C21H30N4O2S/c1-7-27-20(26)18-15(4)24-19(28-18)16(5)25-21(22-6)23-12-14(3)17-10-8-9-13(2)11-17/h8-11,14,16H,7,12H2,1-6H3,(H2,22,23,25). The Hall–Kier alpha value is -2.41. The molecule has 0 saturated heterocycles. The Kier molecular flexibility index (Phi) is 7.99. The molecule has 0 amide bonds. The average Bonchev–Trinajstić information content (AvgIpc) is 3.06. The van der Waals surface area contributed by atoms with Crippen LogP contribution < -0.4 is 10.6 Å². The zero-order valence-electron chi connectivity index (χ0n) is 17.5. The molecule has 0 saturated carbocycles. The predicted octanol–water partition coefficient (Wildman–Crippen LogP) is 3.97. The zero-order valence-corrected chi connectivity index (χ0v) is 18.3. The fourth-order valence-corrected chi connectivity index (χ4v) is 3.76. The minimum absolute atomic E-state index is 0.0765. The van der Waals surface area contributed by atoms with Gasteiger partial charge >= 0.3 is 5.97 Å². The van der Waals surface area contributed by atoms with Crippen LogP contribution in [0.2, 0.25) is 0 Å². The Morgan fingerprint density at radius 1 is 1.32 bits per heavy atom. The van der Waals surface area contributed by atoms with Crippen molar-refractivity contribution >= 4 is 23.3 Å². The highest BCUT2D eigenvalue weighted by Crippen LogP contribution is 2.24. The molecule has 1 heterocycles. The molecule has 6 nitrogen and oxygen atoms in total. The van der Waals surface area contributed by atoms with Crippen LogP contribution in [0.15, 0.2) is 29.3 Å². The number of aromatic nitrogens is 1. The number of thiazole rings is 1. The lowest BCUT2D eigenvalue weighted by atomic mass is 9.99. The van der Waals surface area contributed by atoms with E-state index in [0.29, 0.717) is 29.1 Å². The number of benzene rings is 1. The van der Waals surface area contributed by atoms with E-state index in [2.05, 4.69) is 58.7 Å². The van der Waals surface area contributed by atoms with Gasteiger partial charge in [-0.3, -0.25) is 4.99 Å². The molecule has 2 rings (SSSR count). The van der Waals surface area contributed by atoms with Crippen molar-refractivity contribution in [2.45, 2.75) is 46.6 Å². The van der Waals surface area contributed by atoms with Gasteiger partial charge in [0.05, 0.1) is 18.3 Å². The molecule has 152 valence electrons. The second kappa shape index (κ2) is 10.2. The summed E-state index contributed by atoms with van der Waals surface area (Å²) < 4.78 is 5.09. The third-order valence-corrected chi connectivity index (χ3v) is 5.73. The van der Waals surface area contributed by atoms with E-state index in [1.165, 1.54) is 22.5 Å². The Morgan fingerprint density at radius 3 is 2.71 bits per heavy atom. The van der Waals surface area contributed by atoms with E-state index >= 15 is 0 Å². The van der Waals surface area contributed by atoms with Crippen LogP contribution in [-0.2, 0) is 4.74 Å². The smallest absolute Gasteiger partial charge is 0.350 e. The van der Waals surface area contributed by atoms with Crippen LogP contribution in [0.3, 0.4) is 0 Å². The van der Waals surface area contributed by atoms with Crippen LogP contribution in [-0.4, -0.2) is 37.1 Å². The maximum atomic E-state index is 12.0. The SMILES string of the molecule is CCOC(=O)c1sc(C(C)NC(=NC)NCC(C)c2cccc(C)c2)nc1C. The number of aliphatic imine (C=N–C) groups is 1. The number of ether oxygens (including phenoxy) is 1. The van der Waals surface area contributed by atoms with E-state index in [1.54, 1.807) is 14.0 Å². The normalized spacial score (nSPS) is 13.7. The Labute approximate surface area is 171 Å². The van der Waals surface area contributed by atoms with Gasteiger partial charge in [-0.25, -0.2) is 9.78 Å². The fraction of sp³-hybridized carbons (Fsp3) is 0.476. The molecule has 2 atom stereocenters. The van der Waals surface area contributed by atoms with Crippen LogP contribution in [0.5, 0.6) is 0 Å². The lowest BCUT2D eigenvalue weighted by Crippen LogP contribution is -2.40. The molecule has 7 heteroatoms. The average molecular weight is 403 g/mol. The lowest BCUT2D eigenvalue weighted by Gasteiger charge is -2.19. The molecule has 0 bridgehead atoms. The number of hydrogen-bond donors (Lipinski definition) is 2. The first-order chi connectivity index (χ1) is 13.3. The first-order valence-electron chi connectivity index (χ1n) is 9.53. The summed E-state index contributed by atoms with van der Waals surface area (Å²) in [6, 6.07) is 8.47. The van der Waals surface area contributed by atoms with Crippen LogP contribution >= 0.6 is 11.3 Å². The number of carbonyl (C=O) groups is 1. The van der Waals surface area contributed by atoms with Gasteiger partial charge in [-0.15, -0.1) is 11.3 Å². The van der Waals surface area contributed by atoms with Crippen LogP contribution in [0.1, 0.15) is 64.2 Å². The van der Waals surface area contributed by atoms with Crippen LogP contribution in [0, 0.1) is 13.8 Å². The summed E-state index contributed by atoms with van der Waals surface area (Å²) in [4.78, 5) is 21.4. The van der Waals surface area contributed by atoms with Crippen LogP contribution in [0.4, 0.5) is 0 Å². The van der Waals surface area contributed by atoms with Gasteiger partial charge in [0.2, 0.25) is 0 Å². The Balaban J connectivity index is 1.97. The molecule has 2 aromatic rings. The van der Waals surface area contributed by atoms with Crippen molar-refractivity contribution in [3.05, 3.63) is 51.0 Å². The third kappa shape index (κ3) is 5.79. The molecular weight excluding hydrogens is 372 g/mol. The van der Waals surface area contributed by atoms with Gasteiger partial charge in [-0.2, -0.15) is 0 Å². The zero-order chi connectivity index (χ0) is 20.7. The highest BCUT2D eigenvalue weighted by atomic mass is 32.1. The molecule has 0 aliphatic carbocycles. The number of nitrogens with zero attached hydrogens (tertiary/aromatic N) is 2. The number of guanidine groups is 1. The molecule has 0 fully saturated rings. The molecule has 1 aromatic heterocycles. The second-order valence-corrected chi connectivity index (χ2v) is 7.85. The lowest BCUT2D eigenvalue weighted by molar-refractivity contribution is 0.0531. The molecule has 1 aromatic carbocycles. The summed E-state index contributed by atoms with van der Waals surface area (Å²) in [5.41, 5.74) is 3.26. The van der Waals surface area contributed by atoms with Crippen molar-refractivity contribution in [1.29, 1.82) is 0 Å². The first kappa shape index (κ1) is 21.9. The van der Waals surface area contributed by atoms with Crippen molar-refractivity contribution in [2.24, 2.45) is 4.99 Å². The van der Waals surface area contributed by atoms with Gasteiger partial charge in [0, 0.05) is 13.6 Å². The number of esters is 1. The van der Waals surface area contributed by atoms with Crippen molar-refractivity contribution in [3.63, 3.8) is 0 Å². The van der Waals surface area contributed by atoms with Gasteiger partial charge in [-0.1, -0.05) is 36.8 Å². The molecule has 0 aliphatic rings. The molecule has 2 unspecified atom stereocenters. The van der Waals surface area contributed by atoms with E-state index in [4.69, 9.17) is 4.74 Å². The van der Waals surface area contributed by atoms with E-state index in [0.717, 1.165) is 11.6 Å². The third-order valence-electron chi connectivity index (χ3n) is 4.41. The number of carbonyl (C=O) groups excluding carboxylic acids is 1. The molecule has 0 radical (unpaired) electrons. The van der Waals surface area contributed by atoms with Gasteiger partial charge in [0.25, 0.3) is 0 Å². The van der Waals surface area contributed by atoms with Gasteiger partial charge in [0.1, 0.15) is 9.88 Å². The maximum Gasteiger partial charge on any atom is 0.350 e. The van der Waals surface area contributed by atoms with Crippen molar-refractivity contribution in [3.8, 4) is 0 Å². The second-order valence-electron chi connectivity index (χ2n) is 6.82. The maximum absolute atomic E-state index is 12.0. The summed E-state index contributed by atoms with van der Waals surface area (Å²) in [6.45, 7) is 11.0. The summed E-state index contributed by atoms with van der Waals surface area (Å²) in [5, 5.41) is 7.55. The quantitative estimate of drug-likeness (QED) is 0.416. The minimum Gasteiger partial charge on any atom is -0.462 e. The number of rotatable bonds is 7. The van der Waals surface area contributed by atoms with Gasteiger partial charge < -0.3 is 15.4 Å². The van der Waals surface area contributed by atoms with E-state index < -0.39 is 0 Å².